The monoisotopic (exact) mass is 572 g/mol. The molecule has 11 heteroatoms. The van der Waals surface area contributed by atoms with Gasteiger partial charge in [-0.3, -0.25) is 14.6 Å². The number of hydrogen-bond donors (Lipinski definition) is 2. The summed E-state index contributed by atoms with van der Waals surface area (Å²) >= 11 is 0. The molecule has 0 spiro atoms. The summed E-state index contributed by atoms with van der Waals surface area (Å²) < 4.78 is 0. The molecule has 0 aromatic carbocycles. The summed E-state index contributed by atoms with van der Waals surface area (Å²) in [5.41, 5.74) is 0. The molecule has 2 fully saturated rings. The van der Waals surface area contributed by atoms with E-state index in [2.05, 4.69) is 37.3 Å². The number of aliphatic imine (C=N–C) groups is 1. The number of carbonyl (C=O) groups excluding carboxylic acids is 2. The van der Waals surface area contributed by atoms with Gasteiger partial charge in [-0.25, -0.2) is 9.97 Å². The molecule has 1 aromatic rings. The maximum absolute atomic E-state index is 12.7. The highest BCUT2D eigenvalue weighted by molar-refractivity contribution is 14.0. The molecular weight excluding hydrogens is 535 g/mol. The lowest BCUT2D eigenvalue weighted by molar-refractivity contribution is -0.131. The molecule has 2 N–H and O–H groups in total. The fraction of sp³-hybridized carbons (Fsp3) is 0.682. The average molecular weight is 572 g/mol. The van der Waals surface area contributed by atoms with Crippen molar-refractivity contribution in [3.8, 4) is 0 Å². The molecule has 2 amide bonds. The quantitative estimate of drug-likeness (QED) is 0.285. The molecule has 0 saturated carbocycles. The zero-order valence-corrected chi connectivity index (χ0v) is 22.0. The third-order valence-electron chi connectivity index (χ3n) is 6.06. The fourth-order valence-electron chi connectivity index (χ4n) is 4.16. The Kier molecular flexibility index (Phi) is 11.6. The van der Waals surface area contributed by atoms with Gasteiger partial charge in [0.05, 0.1) is 6.54 Å². The SMILES string of the molecule is CCNC(=NCCC(=O)N1CCN(c2ncccn2)CC1)N1CCC(CC(=O)NC)CC1.I. The largest absolute Gasteiger partial charge is 0.359 e. The molecule has 10 nitrogen and oxygen atoms in total. The van der Waals surface area contributed by atoms with Crippen LogP contribution in [0.2, 0.25) is 0 Å². The van der Waals surface area contributed by atoms with E-state index in [-0.39, 0.29) is 35.8 Å². The number of aromatic nitrogens is 2. The lowest BCUT2D eigenvalue weighted by atomic mass is 9.93. The van der Waals surface area contributed by atoms with Crippen molar-refractivity contribution in [1.29, 1.82) is 0 Å². The highest BCUT2D eigenvalue weighted by Crippen LogP contribution is 2.20. The highest BCUT2D eigenvalue weighted by Gasteiger charge is 2.24. The van der Waals surface area contributed by atoms with Gasteiger partial charge in [0.1, 0.15) is 0 Å². The van der Waals surface area contributed by atoms with Crippen LogP contribution >= 0.6 is 24.0 Å². The van der Waals surface area contributed by atoms with Crippen molar-refractivity contribution in [2.45, 2.75) is 32.6 Å². The van der Waals surface area contributed by atoms with Crippen molar-refractivity contribution < 1.29 is 9.59 Å². The minimum Gasteiger partial charge on any atom is -0.359 e. The number of halogens is 1. The molecule has 0 radical (unpaired) electrons. The van der Waals surface area contributed by atoms with Crippen molar-refractivity contribution in [2.75, 3.05) is 64.3 Å². The van der Waals surface area contributed by atoms with Gasteiger partial charge >= 0.3 is 0 Å². The van der Waals surface area contributed by atoms with E-state index in [4.69, 9.17) is 4.99 Å². The minimum atomic E-state index is 0. The zero-order valence-electron chi connectivity index (χ0n) is 19.7. The summed E-state index contributed by atoms with van der Waals surface area (Å²) in [7, 11) is 1.69. The van der Waals surface area contributed by atoms with Crippen LogP contribution in [0.3, 0.4) is 0 Å². The Morgan fingerprint density at radius 3 is 2.33 bits per heavy atom. The zero-order chi connectivity index (χ0) is 22.8. The Bertz CT molecular complexity index is 763. The Morgan fingerprint density at radius 2 is 1.73 bits per heavy atom. The number of rotatable bonds is 7. The summed E-state index contributed by atoms with van der Waals surface area (Å²) in [5.74, 6) is 2.26. The van der Waals surface area contributed by atoms with E-state index in [1.807, 2.05) is 4.90 Å². The van der Waals surface area contributed by atoms with Crippen molar-refractivity contribution >= 4 is 47.7 Å². The van der Waals surface area contributed by atoms with Gasteiger partial charge < -0.3 is 25.3 Å². The Hall–Kier alpha value is -2.18. The maximum atomic E-state index is 12.7. The molecule has 0 unspecified atom stereocenters. The molecule has 184 valence electrons. The van der Waals surface area contributed by atoms with Crippen LogP contribution in [-0.4, -0.2) is 96.9 Å². The Morgan fingerprint density at radius 1 is 1.06 bits per heavy atom. The first-order chi connectivity index (χ1) is 15.6. The summed E-state index contributed by atoms with van der Waals surface area (Å²) in [6.45, 7) is 7.92. The molecule has 0 aliphatic carbocycles. The van der Waals surface area contributed by atoms with Crippen molar-refractivity contribution in [3.05, 3.63) is 18.5 Å². The van der Waals surface area contributed by atoms with Gasteiger partial charge in [0, 0.05) is 78.1 Å². The van der Waals surface area contributed by atoms with E-state index in [1.54, 1.807) is 25.5 Å². The number of nitrogens with zero attached hydrogens (tertiary/aromatic N) is 6. The van der Waals surface area contributed by atoms with Crippen LogP contribution in [0.4, 0.5) is 5.95 Å². The average Bonchev–Trinajstić information content (AvgIpc) is 2.84. The number of piperidine rings is 1. The summed E-state index contributed by atoms with van der Waals surface area (Å²) in [6, 6.07) is 1.80. The first-order valence-corrected chi connectivity index (χ1v) is 11.6. The van der Waals surface area contributed by atoms with Crippen LogP contribution in [0, 0.1) is 5.92 Å². The lowest BCUT2D eigenvalue weighted by Crippen LogP contribution is -2.49. The van der Waals surface area contributed by atoms with E-state index in [9.17, 15) is 9.59 Å². The van der Waals surface area contributed by atoms with E-state index >= 15 is 0 Å². The van der Waals surface area contributed by atoms with Gasteiger partial charge in [0.2, 0.25) is 17.8 Å². The number of hydrogen-bond acceptors (Lipinski definition) is 6. The molecule has 2 aliphatic heterocycles. The van der Waals surface area contributed by atoms with Crippen LogP contribution in [0.5, 0.6) is 0 Å². The van der Waals surface area contributed by atoms with Gasteiger partial charge in [0.25, 0.3) is 0 Å². The second-order valence-electron chi connectivity index (χ2n) is 8.21. The van der Waals surface area contributed by atoms with E-state index in [0.717, 1.165) is 57.5 Å². The molecule has 1 aromatic heterocycles. The fourth-order valence-corrected chi connectivity index (χ4v) is 4.16. The number of anilines is 1. The Balaban J connectivity index is 0.00000385. The number of guanidine groups is 1. The molecule has 3 rings (SSSR count). The van der Waals surface area contributed by atoms with Crippen molar-refractivity contribution in [2.24, 2.45) is 10.9 Å². The summed E-state index contributed by atoms with van der Waals surface area (Å²) in [4.78, 5) is 43.8. The van der Waals surface area contributed by atoms with Crippen molar-refractivity contribution in [1.82, 2.24) is 30.4 Å². The van der Waals surface area contributed by atoms with Gasteiger partial charge in [-0.15, -0.1) is 24.0 Å². The van der Waals surface area contributed by atoms with Crippen LogP contribution in [-0.2, 0) is 9.59 Å². The lowest BCUT2D eigenvalue weighted by Gasteiger charge is -2.35. The molecule has 3 heterocycles. The predicted molar refractivity (Wildman–Crippen MR) is 140 cm³/mol. The maximum Gasteiger partial charge on any atom is 0.225 e. The van der Waals surface area contributed by atoms with Crippen molar-refractivity contribution in [3.63, 3.8) is 0 Å². The second kappa shape index (κ2) is 14.2. The first-order valence-electron chi connectivity index (χ1n) is 11.6. The standard InChI is InChI=1S/C22H36N8O2.HI/c1-3-24-21(29-11-6-18(7-12-29)17-19(31)23-2)27-10-5-20(32)28-13-15-30(16-14-28)22-25-8-4-9-26-22;/h4,8-9,18H,3,5-7,10-17H2,1-2H3,(H,23,31)(H,24,27);1H. The molecule has 2 saturated heterocycles. The van der Waals surface area contributed by atoms with E-state index < -0.39 is 0 Å². The van der Waals surface area contributed by atoms with Gasteiger partial charge in [-0.05, 0) is 31.7 Å². The summed E-state index contributed by atoms with van der Waals surface area (Å²) in [5, 5.41) is 6.06. The van der Waals surface area contributed by atoms with Crippen LogP contribution < -0.4 is 15.5 Å². The Labute approximate surface area is 213 Å². The van der Waals surface area contributed by atoms with E-state index in [0.29, 0.717) is 38.4 Å². The topological polar surface area (TPSA) is 106 Å². The predicted octanol–water partition coefficient (Wildman–Crippen LogP) is 0.947. The summed E-state index contributed by atoms with van der Waals surface area (Å²) in [6.07, 6.45) is 6.44. The van der Waals surface area contributed by atoms with Crippen LogP contribution in [0.25, 0.3) is 0 Å². The molecule has 2 aliphatic rings. The van der Waals surface area contributed by atoms with E-state index in [1.165, 1.54) is 0 Å². The highest BCUT2D eigenvalue weighted by atomic mass is 127. The molecule has 0 atom stereocenters. The molecule has 33 heavy (non-hydrogen) atoms. The third-order valence-corrected chi connectivity index (χ3v) is 6.06. The number of carbonyl (C=O) groups is 2. The second-order valence-corrected chi connectivity index (χ2v) is 8.21. The van der Waals surface area contributed by atoms with Gasteiger partial charge in [0.15, 0.2) is 5.96 Å². The van der Waals surface area contributed by atoms with Crippen LogP contribution in [0.1, 0.15) is 32.6 Å². The molecular formula is C22H37IN8O2. The number of amides is 2. The third kappa shape index (κ3) is 8.27. The normalized spacial score (nSPS) is 17.4. The van der Waals surface area contributed by atoms with Crippen LogP contribution in [0.15, 0.2) is 23.5 Å². The smallest absolute Gasteiger partial charge is 0.225 e. The van der Waals surface area contributed by atoms with Gasteiger partial charge in [-0.2, -0.15) is 0 Å². The van der Waals surface area contributed by atoms with Gasteiger partial charge in [-0.1, -0.05) is 0 Å². The number of piperazine rings is 1. The first kappa shape index (κ1) is 27.1. The number of nitrogens with one attached hydrogen (secondary N) is 2. The minimum absolute atomic E-state index is 0. The molecule has 0 bridgehead atoms. The number of likely N-dealkylation sites (tertiary alicyclic amines) is 1.